The van der Waals surface area contributed by atoms with Gasteiger partial charge >= 0.3 is 5.97 Å². The molecule has 0 spiro atoms. The van der Waals surface area contributed by atoms with Gasteiger partial charge < -0.3 is 14.6 Å². The zero-order valence-corrected chi connectivity index (χ0v) is 26.3. The number of phenols is 1. The van der Waals surface area contributed by atoms with Crippen LogP contribution in [0.1, 0.15) is 137 Å². The van der Waals surface area contributed by atoms with Gasteiger partial charge in [0.2, 0.25) is 0 Å². The number of aldehydes is 1. The molecule has 0 radical (unpaired) electrons. The third-order valence-corrected chi connectivity index (χ3v) is 9.05. The van der Waals surface area contributed by atoms with Crippen LogP contribution in [0.4, 0.5) is 0 Å². The first-order valence-corrected chi connectivity index (χ1v) is 14.6. The number of hydrogen-bond acceptors (Lipinski definition) is 5. The Morgan fingerprint density at radius 1 is 1.08 bits per heavy atom. The number of carbonyl (C=O) groups is 2. The second-order valence-corrected chi connectivity index (χ2v) is 14.6. The molecule has 5 heteroatoms. The topological polar surface area (TPSA) is 66.8 Å². The summed E-state index contributed by atoms with van der Waals surface area (Å²) in [6.07, 6.45) is 5.57. The van der Waals surface area contributed by atoms with Crippen molar-refractivity contribution < 1.29 is 19.4 Å². The van der Waals surface area contributed by atoms with E-state index in [9.17, 15) is 14.7 Å². The molecular weight excluding hydrogens is 474 g/mol. The summed E-state index contributed by atoms with van der Waals surface area (Å²) in [6.45, 7) is 23.4. The molecule has 1 aliphatic heterocycles. The van der Waals surface area contributed by atoms with Gasteiger partial charge in [0.1, 0.15) is 24.1 Å². The van der Waals surface area contributed by atoms with Gasteiger partial charge in [-0.1, -0.05) is 80.4 Å². The summed E-state index contributed by atoms with van der Waals surface area (Å²) in [6, 6.07) is 4.03. The van der Waals surface area contributed by atoms with E-state index in [0.29, 0.717) is 12.2 Å². The Hall–Kier alpha value is -1.88. The van der Waals surface area contributed by atoms with E-state index in [4.69, 9.17) is 4.74 Å². The molecule has 4 atom stereocenters. The summed E-state index contributed by atoms with van der Waals surface area (Å²) in [7, 11) is 2.15. The van der Waals surface area contributed by atoms with Crippen LogP contribution >= 0.6 is 0 Å². The van der Waals surface area contributed by atoms with E-state index in [2.05, 4.69) is 88.1 Å². The van der Waals surface area contributed by atoms with Crippen LogP contribution < -0.4 is 0 Å². The van der Waals surface area contributed by atoms with E-state index in [0.717, 1.165) is 55.1 Å². The molecule has 5 nitrogen and oxygen atoms in total. The van der Waals surface area contributed by atoms with Gasteiger partial charge in [-0.3, -0.25) is 9.69 Å². The van der Waals surface area contributed by atoms with Crippen molar-refractivity contribution in [2.75, 3.05) is 7.05 Å². The molecule has 1 aromatic carbocycles. The van der Waals surface area contributed by atoms with Crippen molar-refractivity contribution in [3.63, 3.8) is 0 Å². The molecule has 1 saturated heterocycles. The molecular formula is C33H55NO4. The van der Waals surface area contributed by atoms with Crippen molar-refractivity contribution in [1.82, 2.24) is 4.90 Å². The molecule has 1 aromatic rings. The van der Waals surface area contributed by atoms with Crippen LogP contribution in [-0.4, -0.2) is 46.5 Å². The summed E-state index contributed by atoms with van der Waals surface area (Å²) in [5.74, 6) is -1.31. The summed E-state index contributed by atoms with van der Waals surface area (Å²) in [4.78, 5) is 28.7. The minimum atomic E-state index is -0.887. The van der Waals surface area contributed by atoms with Gasteiger partial charge in [-0.05, 0) is 68.2 Å². The third kappa shape index (κ3) is 7.00. The Labute approximate surface area is 232 Å². The zero-order chi connectivity index (χ0) is 29.3. The Balaban J connectivity index is 2.53. The van der Waals surface area contributed by atoms with Crippen LogP contribution in [0.5, 0.6) is 5.75 Å². The first-order chi connectivity index (χ1) is 17.3. The first kappa shape index (κ1) is 32.3. The number of phenolic OH excluding ortho intramolecular Hbond substituents is 1. The van der Waals surface area contributed by atoms with Crippen LogP contribution in [0.3, 0.4) is 0 Å². The molecule has 4 unspecified atom stereocenters. The van der Waals surface area contributed by atoms with Crippen molar-refractivity contribution >= 4 is 12.3 Å². The fraction of sp³-hybridized carbons (Fsp3) is 0.758. The minimum absolute atomic E-state index is 0.0782. The number of unbranched alkanes of at least 4 members (excludes halogenated alkanes) is 1. The normalized spacial score (nSPS) is 24.1. The second kappa shape index (κ2) is 11.7. The Kier molecular flexibility index (Phi) is 9.95. The first-order valence-electron chi connectivity index (χ1n) is 14.6. The number of hydrogen-bond donors (Lipinski definition) is 1. The molecule has 0 saturated carbocycles. The second-order valence-electron chi connectivity index (χ2n) is 14.6. The molecule has 2 rings (SSSR count). The van der Waals surface area contributed by atoms with Gasteiger partial charge in [-0.2, -0.15) is 0 Å². The Morgan fingerprint density at radius 2 is 1.61 bits per heavy atom. The fourth-order valence-corrected chi connectivity index (χ4v) is 6.14. The van der Waals surface area contributed by atoms with Crippen LogP contribution in [-0.2, 0) is 25.2 Å². The van der Waals surface area contributed by atoms with E-state index in [-0.39, 0.29) is 33.9 Å². The quantitative estimate of drug-likeness (QED) is 0.202. The van der Waals surface area contributed by atoms with Gasteiger partial charge in [-0.15, -0.1) is 0 Å². The lowest BCUT2D eigenvalue weighted by molar-refractivity contribution is -0.165. The molecule has 216 valence electrons. The molecule has 1 fully saturated rings. The van der Waals surface area contributed by atoms with Crippen LogP contribution in [0.15, 0.2) is 12.1 Å². The average Bonchev–Trinajstić information content (AvgIpc) is 2.78. The van der Waals surface area contributed by atoms with Gasteiger partial charge in [0.05, 0.1) is 0 Å². The summed E-state index contributed by atoms with van der Waals surface area (Å²) in [5, 5.41) is 11.2. The summed E-state index contributed by atoms with van der Waals surface area (Å²) in [5.41, 5.74) is 1.83. The van der Waals surface area contributed by atoms with Gasteiger partial charge in [0.15, 0.2) is 0 Å². The maximum absolute atomic E-state index is 13.7. The highest BCUT2D eigenvalue weighted by molar-refractivity contribution is 5.89. The van der Waals surface area contributed by atoms with Crippen molar-refractivity contribution in [3.05, 3.63) is 28.8 Å². The largest absolute Gasteiger partial charge is 0.507 e. The molecule has 0 amide bonds. The molecule has 0 aromatic heterocycles. The van der Waals surface area contributed by atoms with Crippen molar-refractivity contribution in [2.45, 2.75) is 149 Å². The fourth-order valence-electron chi connectivity index (χ4n) is 6.14. The molecule has 1 aliphatic rings. The molecule has 38 heavy (non-hydrogen) atoms. The SMILES string of the molecule is CCCCC(c1cc(C(C)(C)C)c(O)c(C(C)(C)C)c1)C(C=O)C(=O)OC1CC(C)(C)N(C)C(C)(CC)C1. The standard InChI is InChI=1S/C33H55NO4/c1-13-15-16-24(22-17-26(30(3,4)5)28(36)27(18-22)31(6,7)8)25(21-35)29(37)38-23-19-32(9,10)34(12)33(11,14-2)20-23/h17-18,21,23-25,36H,13-16,19-20H2,1-12H3. The number of esters is 1. The molecule has 1 N–H and O–H groups in total. The maximum atomic E-state index is 13.7. The number of benzene rings is 1. The number of nitrogens with zero attached hydrogens (tertiary/aromatic N) is 1. The van der Waals surface area contributed by atoms with Crippen LogP contribution in [0, 0.1) is 5.92 Å². The van der Waals surface area contributed by atoms with Crippen LogP contribution in [0.25, 0.3) is 0 Å². The lowest BCUT2D eigenvalue weighted by Gasteiger charge is -2.54. The van der Waals surface area contributed by atoms with Gasteiger partial charge in [0, 0.05) is 29.8 Å². The minimum Gasteiger partial charge on any atom is -0.507 e. The van der Waals surface area contributed by atoms with E-state index in [1.165, 1.54) is 0 Å². The predicted molar refractivity (Wildman–Crippen MR) is 157 cm³/mol. The highest BCUT2D eigenvalue weighted by atomic mass is 16.5. The van der Waals surface area contributed by atoms with E-state index < -0.39 is 11.9 Å². The van der Waals surface area contributed by atoms with Gasteiger partial charge in [0.25, 0.3) is 0 Å². The van der Waals surface area contributed by atoms with E-state index in [1.54, 1.807) is 0 Å². The van der Waals surface area contributed by atoms with Crippen molar-refractivity contribution in [3.8, 4) is 5.75 Å². The summed E-state index contributed by atoms with van der Waals surface area (Å²) < 4.78 is 6.18. The number of ether oxygens (including phenoxy) is 1. The molecule has 1 heterocycles. The Morgan fingerprint density at radius 3 is 2.03 bits per heavy atom. The number of likely N-dealkylation sites (tertiary alicyclic amines) is 1. The van der Waals surface area contributed by atoms with E-state index in [1.807, 2.05) is 12.1 Å². The summed E-state index contributed by atoms with van der Waals surface area (Å²) >= 11 is 0. The smallest absolute Gasteiger partial charge is 0.317 e. The van der Waals surface area contributed by atoms with Crippen LogP contribution in [0.2, 0.25) is 0 Å². The highest BCUT2D eigenvalue weighted by Crippen LogP contribution is 2.44. The maximum Gasteiger partial charge on any atom is 0.317 e. The highest BCUT2D eigenvalue weighted by Gasteiger charge is 2.47. The molecule has 0 bridgehead atoms. The third-order valence-electron chi connectivity index (χ3n) is 9.05. The number of carbonyl (C=O) groups excluding carboxylic acids is 2. The predicted octanol–water partition coefficient (Wildman–Crippen LogP) is 7.66. The van der Waals surface area contributed by atoms with Gasteiger partial charge in [-0.25, -0.2) is 0 Å². The average molecular weight is 530 g/mol. The van der Waals surface area contributed by atoms with E-state index >= 15 is 0 Å². The zero-order valence-electron chi connectivity index (χ0n) is 26.3. The molecule has 0 aliphatic carbocycles. The monoisotopic (exact) mass is 529 g/mol. The lowest BCUT2D eigenvalue weighted by atomic mass is 9.74. The lowest BCUT2D eigenvalue weighted by Crippen LogP contribution is -2.61. The number of aromatic hydroxyl groups is 1. The van der Waals surface area contributed by atoms with Crippen molar-refractivity contribution in [1.29, 1.82) is 0 Å². The Bertz CT molecular complexity index is 949. The number of piperidine rings is 1. The number of rotatable bonds is 9. The van der Waals surface area contributed by atoms with Crippen molar-refractivity contribution in [2.24, 2.45) is 5.92 Å².